The van der Waals surface area contributed by atoms with Crippen molar-refractivity contribution < 1.29 is 4.79 Å². The van der Waals surface area contributed by atoms with Gasteiger partial charge in [0.2, 0.25) is 0 Å². The molecule has 5 heteroatoms. The summed E-state index contributed by atoms with van der Waals surface area (Å²) >= 11 is 5.95. The summed E-state index contributed by atoms with van der Waals surface area (Å²) in [7, 11) is 4.06. The monoisotopic (exact) mass is 333 g/mol. The molecule has 0 spiro atoms. The minimum atomic E-state index is -0.0166. The van der Waals surface area contributed by atoms with Gasteiger partial charge in [0.15, 0.2) is 0 Å². The van der Waals surface area contributed by atoms with E-state index in [0.29, 0.717) is 11.6 Å². The normalized spacial score (nSPS) is 11.0. The van der Waals surface area contributed by atoms with Crippen molar-refractivity contribution in [3.05, 3.63) is 52.3 Å². The van der Waals surface area contributed by atoms with Gasteiger partial charge in [0.05, 0.1) is 5.56 Å². The highest BCUT2D eigenvalue weighted by atomic mass is 35.5. The van der Waals surface area contributed by atoms with Gasteiger partial charge in [-0.05, 0) is 71.2 Å². The molecule has 1 aromatic carbocycles. The molecule has 0 aliphatic carbocycles. The number of aromatic nitrogens is 1. The molecule has 1 heterocycles. The second kappa shape index (κ2) is 7.66. The van der Waals surface area contributed by atoms with E-state index in [1.807, 2.05) is 58.3 Å². The van der Waals surface area contributed by atoms with E-state index >= 15 is 0 Å². The third-order valence-electron chi connectivity index (χ3n) is 3.83. The number of hydrogen-bond acceptors (Lipinski definition) is 2. The second-order valence-corrected chi connectivity index (χ2v) is 6.45. The molecular weight excluding hydrogens is 310 g/mol. The molecule has 0 unspecified atom stereocenters. The third kappa shape index (κ3) is 4.36. The zero-order valence-corrected chi connectivity index (χ0v) is 14.9. The topological polar surface area (TPSA) is 37.3 Å². The summed E-state index contributed by atoms with van der Waals surface area (Å²) in [4.78, 5) is 14.5. The molecule has 124 valence electrons. The summed E-state index contributed by atoms with van der Waals surface area (Å²) < 4.78 is 2.07. The Morgan fingerprint density at radius 1 is 1.22 bits per heavy atom. The fraction of sp³-hybridized carbons (Fsp3) is 0.389. The molecule has 1 amide bonds. The van der Waals surface area contributed by atoms with Crippen LogP contribution in [0.4, 0.5) is 0 Å². The van der Waals surface area contributed by atoms with Crippen molar-refractivity contribution in [2.45, 2.75) is 20.3 Å². The van der Waals surface area contributed by atoms with E-state index in [4.69, 9.17) is 11.6 Å². The van der Waals surface area contributed by atoms with Crippen LogP contribution in [-0.4, -0.2) is 42.6 Å². The van der Waals surface area contributed by atoms with Crippen LogP contribution >= 0.6 is 11.6 Å². The summed E-state index contributed by atoms with van der Waals surface area (Å²) in [5.74, 6) is -0.0166. The Morgan fingerprint density at radius 2 is 1.87 bits per heavy atom. The SMILES string of the molecule is Cc1cc(C(=O)NCCCN(C)C)c(C)n1-c1ccc(Cl)cc1. The first-order chi connectivity index (χ1) is 10.9. The average Bonchev–Trinajstić information content (AvgIpc) is 2.79. The van der Waals surface area contributed by atoms with Gasteiger partial charge in [-0.2, -0.15) is 0 Å². The molecule has 1 N–H and O–H groups in total. The van der Waals surface area contributed by atoms with Crippen molar-refractivity contribution in [3.8, 4) is 5.69 Å². The van der Waals surface area contributed by atoms with Crippen molar-refractivity contribution in [1.29, 1.82) is 0 Å². The van der Waals surface area contributed by atoms with Gasteiger partial charge in [0.25, 0.3) is 5.91 Å². The van der Waals surface area contributed by atoms with Crippen LogP contribution < -0.4 is 5.32 Å². The second-order valence-electron chi connectivity index (χ2n) is 6.01. The van der Waals surface area contributed by atoms with Crippen LogP contribution in [0.25, 0.3) is 5.69 Å². The third-order valence-corrected chi connectivity index (χ3v) is 4.08. The van der Waals surface area contributed by atoms with Crippen LogP contribution in [-0.2, 0) is 0 Å². The minimum absolute atomic E-state index is 0.0166. The molecule has 0 radical (unpaired) electrons. The highest BCUT2D eigenvalue weighted by molar-refractivity contribution is 6.30. The first-order valence-electron chi connectivity index (χ1n) is 7.78. The van der Waals surface area contributed by atoms with Crippen molar-refractivity contribution in [1.82, 2.24) is 14.8 Å². The Bertz CT molecular complexity index is 674. The average molecular weight is 334 g/mol. The largest absolute Gasteiger partial charge is 0.352 e. The van der Waals surface area contributed by atoms with E-state index in [1.54, 1.807) is 0 Å². The Hall–Kier alpha value is -1.78. The lowest BCUT2D eigenvalue weighted by molar-refractivity contribution is 0.0951. The molecule has 0 atom stereocenters. The molecule has 0 saturated carbocycles. The maximum absolute atomic E-state index is 12.4. The number of amides is 1. The number of nitrogens with zero attached hydrogens (tertiary/aromatic N) is 2. The predicted molar refractivity (Wildman–Crippen MR) is 95.8 cm³/mol. The fourth-order valence-corrected chi connectivity index (χ4v) is 2.80. The van der Waals surface area contributed by atoms with Crippen LogP contribution in [0.5, 0.6) is 0 Å². The van der Waals surface area contributed by atoms with E-state index in [0.717, 1.165) is 35.6 Å². The van der Waals surface area contributed by atoms with Gasteiger partial charge in [0.1, 0.15) is 0 Å². The Morgan fingerprint density at radius 3 is 2.48 bits per heavy atom. The molecule has 23 heavy (non-hydrogen) atoms. The van der Waals surface area contributed by atoms with E-state index < -0.39 is 0 Å². The molecule has 0 fully saturated rings. The maximum atomic E-state index is 12.4. The molecule has 0 aliphatic rings. The molecule has 2 aromatic rings. The van der Waals surface area contributed by atoms with Gasteiger partial charge in [-0.1, -0.05) is 11.6 Å². The number of nitrogens with one attached hydrogen (secondary N) is 1. The number of carbonyl (C=O) groups is 1. The van der Waals surface area contributed by atoms with E-state index in [1.165, 1.54) is 0 Å². The molecule has 4 nitrogen and oxygen atoms in total. The van der Waals surface area contributed by atoms with Crippen LogP contribution in [0.1, 0.15) is 28.2 Å². The van der Waals surface area contributed by atoms with Gasteiger partial charge in [-0.25, -0.2) is 0 Å². The molecule has 0 saturated heterocycles. The van der Waals surface area contributed by atoms with E-state index in [2.05, 4.69) is 14.8 Å². The van der Waals surface area contributed by atoms with Gasteiger partial charge in [-0.15, -0.1) is 0 Å². The molecular formula is C18H24ClN3O. The molecule has 2 rings (SSSR count). The molecule has 0 aliphatic heterocycles. The lowest BCUT2D eigenvalue weighted by atomic mass is 10.2. The van der Waals surface area contributed by atoms with Crippen LogP contribution in [0.3, 0.4) is 0 Å². The highest BCUT2D eigenvalue weighted by Gasteiger charge is 2.16. The molecule has 0 bridgehead atoms. The Kier molecular flexibility index (Phi) is 5.85. The van der Waals surface area contributed by atoms with Crippen molar-refractivity contribution in [2.75, 3.05) is 27.2 Å². The van der Waals surface area contributed by atoms with Gasteiger partial charge >= 0.3 is 0 Å². The number of hydrogen-bond donors (Lipinski definition) is 1. The van der Waals surface area contributed by atoms with Crippen molar-refractivity contribution in [3.63, 3.8) is 0 Å². The Balaban J connectivity index is 2.14. The van der Waals surface area contributed by atoms with Crippen LogP contribution in [0, 0.1) is 13.8 Å². The van der Waals surface area contributed by atoms with Gasteiger partial charge in [0, 0.05) is 28.6 Å². The maximum Gasteiger partial charge on any atom is 0.253 e. The van der Waals surface area contributed by atoms with E-state index in [9.17, 15) is 4.79 Å². The van der Waals surface area contributed by atoms with Crippen molar-refractivity contribution >= 4 is 17.5 Å². The summed E-state index contributed by atoms with van der Waals surface area (Å²) in [6.07, 6.45) is 0.939. The number of aryl methyl sites for hydroxylation is 1. The summed E-state index contributed by atoms with van der Waals surface area (Å²) in [5.41, 5.74) is 3.71. The fourth-order valence-electron chi connectivity index (χ4n) is 2.67. The van der Waals surface area contributed by atoms with Crippen LogP contribution in [0.2, 0.25) is 5.02 Å². The quantitative estimate of drug-likeness (QED) is 0.822. The van der Waals surface area contributed by atoms with E-state index in [-0.39, 0.29) is 5.91 Å². The standard InChI is InChI=1S/C18H24ClN3O/c1-13-12-17(18(23)20-10-5-11-21(3)4)14(2)22(13)16-8-6-15(19)7-9-16/h6-9,12H,5,10-11H2,1-4H3,(H,20,23). The minimum Gasteiger partial charge on any atom is -0.352 e. The van der Waals surface area contributed by atoms with Crippen LogP contribution in [0.15, 0.2) is 30.3 Å². The number of benzene rings is 1. The summed E-state index contributed by atoms with van der Waals surface area (Å²) in [6.45, 7) is 5.62. The number of carbonyl (C=O) groups excluding carboxylic acids is 1. The summed E-state index contributed by atoms with van der Waals surface area (Å²) in [5, 5.41) is 3.70. The molecule has 1 aromatic heterocycles. The zero-order chi connectivity index (χ0) is 17.0. The van der Waals surface area contributed by atoms with Crippen molar-refractivity contribution in [2.24, 2.45) is 0 Å². The lowest BCUT2D eigenvalue weighted by Crippen LogP contribution is -2.27. The Labute approximate surface area is 143 Å². The lowest BCUT2D eigenvalue weighted by Gasteiger charge is -2.11. The smallest absolute Gasteiger partial charge is 0.253 e. The van der Waals surface area contributed by atoms with Gasteiger partial charge < -0.3 is 14.8 Å². The zero-order valence-electron chi connectivity index (χ0n) is 14.2. The number of halogens is 1. The number of rotatable bonds is 6. The van der Waals surface area contributed by atoms with Gasteiger partial charge in [-0.3, -0.25) is 4.79 Å². The first-order valence-corrected chi connectivity index (χ1v) is 8.15. The highest BCUT2D eigenvalue weighted by Crippen LogP contribution is 2.22. The first kappa shape index (κ1) is 17.6. The predicted octanol–water partition coefficient (Wildman–Crippen LogP) is 3.43. The summed E-state index contributed by atoms with van der Waals surface area (Å²) in [6, 6.07) is 9.57.